The molecular weight excluding hydrogens is 773 g/mol. The highest BCUT2D eigenvalue weighted by Gasteiger charge is 2.11. The predicted molar refractivity (Wildman–Crippen MR) is 252 cm³/mol. The van der Waals surface area contributed by atoms with Gasteiger partial charge >= 0.3 is 0 Å². The lowest BCUT2D eigenvalue weighted by molar-refractivity contribution is 1.64. The van der Waals surface area contributed by atoms with Gasteiger partial charge < -0.3 is 0 Å². The second-order valence-electron chi connectivity index (χ2n) is 10.9. The zero-order chi connectivity index (χ0) is 33.6. The minimum absolute atomic E-state index is 0. The van der Waals surface area contributed by atoms with E-state index in [0.29, 0.717) is 0 Å². The van der Waals surface area contributed by atoms with Crippen LogP contribution in [0.4, 0.5) is 0 Å². The molecule has 0 aliphatic rings. The number of thiophene rings is 8. The molecule has 268 valence electrons. The van der Waals surface area contributed by atoms with Crippen LogP contribution in [0, 0.1) is 20.8 Å². The van der Waals surface area contributed by atoms with Crippen molar-refractivity contribution in [2.24, 2.45) is 0 Å². The van der Waals surface area contributed by atoms with Crippen molar-refractivity contribution >= 4 is 128 Å². The molecule has 51 heavy (non-hydrogen) atoms. The van der Waals surface area contributed by atoms with E-state index in [4.69, 9.17) is 0 Å². The number of aryl methyl sites for hydroxylation is 3. The molecule has 0 radical (unpaired) electrons. The second kappa shape index (κ2) is 20.0. The van der Waals surface area contributed by atoms with Crippen LogP contribution in [-0.4, -0.2) is 0 Å². The molecule has 0 atom stereocenters. The molecule has 8 heterocycles. The van der Waals surface area contributed by atoms with Crippen LogP contribution in [0.1, 0.15) is 72.3 Å². The van der Waals surface area contributed by atoms with Crippen LogP contribution >= 0.6 is 90.7 Å². The molecule has 0 unspecified atom stereocenters. The number of fused-ring (bicyclic) bond motifs is 3. The van der Waals surface area contributed by atoms with E-state index >= 15 is 0 Å². The maximum absolute atomic E-state index is 2.30. The van der Waals surface area contributed by atoms with Crippen LogP contribution < -0.4 is 0 Å². The Balaban J connectivity index is 0.000000203. The van der Waals surface area contributed by atoms with E-state index in [9.17, 15) is 0 Å². The Bertz CT molecular complexity index is 2320. The minimum atomic E-state index is 0. The van der Waals surface area contributed by atoms with Gasteiger partial charge in [0.05, 0.1) is 9.40 Å². The molecule has 8 rings (SSSR count). The Labute approximate surface area is 338 Å². The van der Waals surface area contributed by atoms with E-state index in [1.807, 2.05) is 90.7 Å². The van der Waals surface area contributed by atoms with E-state index in [1.165, 1.54) is 77.3 Å². The van der Waals surface area contributed by atoms with Crippen molar-refractivity contribution in [3.05, 3.63) is 120 Å². The first-order valence-electron chi connectivity index (χ1n) is 15.6. The first kappa shape index (κ1) is 42.8. The largest absolute Gasteiger partial charge is 0.140 e. The van der Waals surface area contributed by atoms with E-state index in [2.05, 4.69) is 151 Å². The van der Waals surface area contributed by atoms with Crippen molar-refractivity contribution in [2.75, 3.05) is 0 Å². The lowest BCUT2D eigenvalue weighted by Gasteiger charge is -1.90. The molecule has 0 spiro atoms. The molecule has 0 amide bonds. The minimum Gasteiger partial charge on any atom is -0.140 e. The topological polar surface area (TPSA) is 0 Å². The summed E-state index contributed by atoms with van der Waals surface area (Å²) < 4.78 is 5.84. The summed E-state index contributed by atoms with van der Waals surface area (Å²) >= 11 is 15.0. The molecule has 0 nitrogen and oxygen atoms in total. The van der Waals surface area contributed by atoms with E-state index in [-0.39, 0.29) is 22.3 Å². The quantitative estimate of drug-likeness (QED) is 0.157. The van der Waals surface area contributed by atoms with Gasteiger partial charge in [-0.3, -0.25) is 0 Å². The van der Waals surface area contributed by atoms with Crippen molar-refractivity contribution < 1.29 is 0 Å². The molecule has 8 heteroatoms. The van der Waals surface area contributed by atoms with Gasteiger partial charge in [0, 0.05) is 67.9 Å². The zero-order valence-electron chi connectivity index (χ0n) is 27.7. The first-order valence-corrected chi connectivity index (χ1v) is 22.1. The molecule has 0 aromatic carbocycles. The van der Waals surface area contributed by atoms with Crippen LogP contribution in [0.2, 0.25) is 0 Å². The number of hydrogen-bond donors (Lipinski definition) is 0. The fourth-order valence-electron chi connectivity index (χ4n) is 4.93. The number of hydrogen-bond acceptors (Lipinski definition) is 8. The van der Waals surface area contributed by atoms with Crippen LogP contribution in [0.5, 0.6) is 0 Å². The number of rotatable bonds is 6. The van der Waals surface area contributed by atoms with Gasteiger partial charge in [-0.25, -0.2) is 0 Å². The molecule has 0 bridgehead atoms. The molecule has 0 fully saturated rings. The smallest absolute Gasteiger partial charge is 0.0635 e. The van der Waals surface area contributed by atoms with Gasteiger partial charge in [-0.1, -0.05) is 40.5 Å². The van der Waals surface area contributed by atoms with Gasteiger partial charge in [0.2, 0.25) is 0 Å². The predicted octanol–water partition coefficient (Wildman–Crippen LogP) is 18.8. The summed E-state index contributed by atoms with van der Waals surface area (Å²) in [5, 5.41) is 0. The Kier molecular flexibility index (Phi) is 16.7. The van der Waals surface area contributed by atoms with Crippen LogP contribution in [0.25, 0.3) is 66.3 Å². The van der Waals surface area contributed by atoms with Crippen molar-refractivity contribution in [3.8, 4) is 29.3 Å². The third-order valence-corrected chi connectivity index (χ3v) is 16.5. The van der Waals surface area contributed by atoms with Crippen molar-refractivity contribution in [1.82, 2.24) is 0 Å². The molecule has 0 aliphatic carbocycles. The monoisotopic (exact) mass is 820 g/mol. The standard InChI is InChI=1S/C16H14S3.C12H10S3.C12H12S2.3CH4/c1-3-4-12-6-8-14(18-12)16-10-9-15(19-16)13-7-5-11(2)17-13;1-3-4-8-6-10-12(14-8)11-9(15-10)5-7(2)13-11;1-3-4-10-6-8-12(14-10)11-7-5-9(2)13-11;;;/h3-10H,1-2H3;3-6H,1-2H3;3-8H,1-2H3;3*1H4/b3*4-3+;;;. The van der Waals surface area contributed by atoms with E-state index in [1.54, 1.807) is 0 Å². The molecule has 0 aliphatic heterocycles. The highest BCUT2D eigenvalue weighted by Crippen LogP contribution is 2.44. The molecule has 0 N–H and O–H groups in total. The number of allylic oxidation sites excluding steroid dienone is 3. The van der Waals surface area contributed by atoms with Crippen LogP contribution in [0.15, 0.2) is 91.0 Å². The fraction of sp³-hybridized carbons (Fsp3) is 0.209. The lowest BCUT2D eigenvalue weighted by atomic mass is 10.3. The van der Waals surface area contributed by atoms with E-state index < -0.39 is 0 Å². The van der Waals surface area contributed by atoms with Crippen molar-refractivity contribution in [2.45, 2.75) is 63.8 Å². The summed E-state index contributed by atoms with van der Waals surface area (Å²) in [5.74, 6) is 0. The Morgan fingerprint density at radius 2 is 0.745 bits per heavy atom. The Hall–Kier alpha value is -2.66. The lowest BCUT2D eigenvalue weighted by Crippen LogP contribution is -1.57. The van der Waals surface area contributed by atoms with Crippen LogP contribution in [-0.2, 0) is 0 Å². The summed E-state index contributed by atoms with van der Waals surface area (Å²) in [5.41, 5.74) is 0. The first-order chi connectivity index (χ1) is 23.3. The SMILES string of the molecule is C.C.C.C/C=C/c1cc2sc3cc(C)sc3c2s1.C/C=C/c1ccc(-c2ccc(-c3ccc(C)s3)s2)s1.C/C=C/c1ccc(-c2ccc(C)s2)s1. The van der Waals surface area contributed by atoms with Gasteiger partial charge in [-0.05, 0) is 133 Å². The third kappa shape index (κ3) is 10.7. The average molecular weight is 821 g/mol. The summed E-state index contributed by atoms with van der Waals surface area (Å²) in [4.78, 5) is 16.4. The Morgan fingerprint density at radius 1 is 0.353 bits per heavy atom. The van der Waals surface area contributed by atoms with Gasteiger partial charge in [0.1, 0.15) is 0 Å². The van der Waals surface area contributed by atoms with Crippen molar-refractivity contribution in [3.63, 3.8) is 0 Å². The summed E-state index contributed by atoms with van der Waals surface area (Å²) in [7, 11) is 0. The molecule has 8 aromatic heterocycles. The molecular formula is C43H48S8. The average Bonchev–Trinajstić information content (AvgIpc) is 3.89. The normalized spacial score (nSPS) is 11.0. The summed E-state index contributed by atoms with van der Waals surface area (Å²) in [6, 6.07) is 26.6. The molecule has 0 saturated carbocycles. The molecule has 0 saturated heterocycles. The van der Waals surface area contributed by atoms with Gasteiger partial charge in [0.25, 0.3) is 0 Å². The maximum Gasteiger partial charge on any atom is 0.0635 e. The van der Waals surface area contributed by atoms with E-state index in [0.717, 1.165) is 0 Å². The second-order valence-corrected chi connectivity index (χ2v) is 20.2. The maximum atomic E-state index is 2.30. The highest BCUT2D eigenvalue weighted by atomic mass is 32.1. The third-order valence-electron chi connectivity index (χ3n) is 7.03. The Morgan fingerprint density at radius 3 is 1.22 bits per heavy atom. The van der Waals surface area contributed by atoms with Gasteiger partial charge in [-0.2, -0.15) is 0 Å². The van der Waals surface area contributed by atoms with Crippen molar-refractivity contribution in [1.29, 1.82) is 0 Å². The summed E-state index contributed by atoms with van der Waals surface area (Å²) in [6.45, 7) is 12.7. The fourth-order valence-corrected chi connectivity index (χ4v) is 13.8. The summed E-state index contributed by atoms with van der Waals surface area (Å²) in [6.07, 6.45) is 12.8. The van der Waals surface area contributed by atoms with Gasteiger partial charge in [0.15, 0.2) is 0 Å². The van der Waals surface area contributed by atoms with Crippen LogP contribution in [0.3, 0.4) is 0 Å². The highest BCUT2D eigenvalue weighted by molar-refractivity contribution is 7.38. The molecule has 8 aromatic rings. The zero-order valence-corrected chi connectivity index (χ0v) is 34.2. The van der Waals surface area contributed by atoms with Gasteiger partial charge in [-0.15, -0.1) is 90.7 Å².